The zero-order valence-corrected chi connectivity index (χ0v) is 23.3. The van der Waals surface area contributed by atoms with Gasteiger partial charge in [-0.1, -0.05) is 42.3 Å². The summed E-state index contributed by atoms with van der Waals surface area (Å²) in [5, 5.41) is 53.6. The molecule has 19 heteroatoms. The summed E-state index contributed by atoms with van der Waals surface area (Å²) in [4.78, 5) is 70.1. The number of benzene rings is 1. The van der Waals surface area contributed by atoms with E-state index < -0.39 is 89.5 Å². The third kappa shape index (κ3) is 4.70. The zero-order valence-electron chi connectivity index (χ0n) is 20.0. The van der Waals surface area contributed by atoms with Crippen LogP contribution in [0.1, 0.15) is 30.4 Å². The van der Waals surface area contributed by atoms with Crippen LogP contribution in [0.15, 0.2) is 35.1 Å². The minimum absolute atomic E-state index is 0.0145. The van der Waals surface area contributed by atoms with E-state index in [1.807, 2.05) is 0 Å². The highest BCUT2D eigenvalue weighted by Crippen LogP contribution is 2.73. The van der Waals surface area contributed by atoms with Crippen LogP contribution >= 0.6 is 38.4 Å². The molecule has 0 heterocycles. The molecule has 1 aromatic carbocycles. The van der Waals surface area contributed by atoms with Crippen molar-refractivity contribution in [2.75, 3.05) is 0 Å². The van der Waals surface area contributed by atoms with Crippen LogP contribution in [0, 0.1) is 11.8 Å². The summed E-state index contributed by atoms with van der Waals surface area (Å²) in [6.45, 7) is 1.67. The fourth-order valence-electron chi connectivity index (χ4n) is 5.13. The van der Waals surface area contributed by atoms with Gasteiger partial charge in [-0.2, -0.15) is 0 Å². The summed E-state index contributed by atoms with van der Waals surface area (Å²) in [7, 11) is -10.4. The van der Waals surface area contributed by atoms with Crippen molar-refractivity contribution in [1.82, 2.24) is 0 Å². The van der Waals surface area contributed by atoms with E-state index in [9.17, 15) is 49.0 Å². The van der Waals surface area contributed by atoms with Gasteiger partial charge in [0.05, 0.1) is 11.7 Å². The number of carbonyl (C=O) groups excluding carboxylic acids is 3. The molecule has 4 rings (SSSR count). The molecule has 3 aliphatic carbocycles. The molecule has 220 valence electrons. The maximum absolute atomic E-state index is 13.3. The Morgan fingerprint density at radius 1 is 1.07 bits per heavy atom. The van der Waals surface area contributed by atoms with Gasteiger partial charge < -0.3 is 50.8 Å². The molecule has 1 saturated carbocycles. The van der Waals surface area contributed by atoms with E-state index in [2.05, 4.69) is 0 Å². The van der Waals surface area contributed by atoms with Crippen molar-refractivity contribution >= 4 is 61.6 Å². The van der Waals surface area contributed by atoms with Crippen molar-refractivity contribution in [2.24, 2.45) is 17.6 Å². The molecule has 0 unspecified atom stereocenters. The number of nitrogens with two attached hydrogens (primary N) is 1. The molecule has 1 fully saturated rings. The maximum atomic E-state index is 13.3. The minimum atomic E-state index is -5.22. The van der Waals surface area contributed by atoms with Crippen molar-refractivity contribution in [1.29, 1.82) is 0 Å². The van der Waals surface area contributed by atoms with Crippen molar-refractivity contribution in [3.05, 3.63) is 46.2 Å². The lowest BCUT2D eigenvalue weighted by molar-refractivity contribution is -0.160. The minimum Gasteiger partial charge on any atom is -0.508 e. The van der Waals surface area contributed by atoms with Crippen LogP contribution in [0.4, 0.5) is 0 Å². The number of phenolic OH excluding ortho intramolecular Hbond substituents is 1. The van der Waals surface area contributed by atoms with E-state index >= 15 is 0 Å². The lowest BCUT2D eigenvalue weighted by Crippen LogP contribution is -2.63. The number of halogens is 2. The second-order valence-electron chi connectivity index (χ2n) is 9.32. The number of carbonyl (C=O) groups is 3. The number of Topliss-reactive ketones (excluding diaryl/α,β-unsaturated/α-hetero) is 2. The largest absolute Gasteiger partial charge is 0.508 e. The average molecular weight is 646 g/mol. The van der Waals surface area contributed by atoms with Crippen LogP contribution in [0.2, 0.25) is 0 Å². The second-order valence-corrected chi connectivity index (χ2v) is 15.6. The average Bonchev–Trinajstić information content (AvgIpc) is 2.80. The second kappa shape index (κ2) is 10.2. The summed E-state index contributed by atoms with van der Waals surface area (Å²) in [5.41, 5.74) is 1.48. The monoisotopic (exact) mass is 645 g/mol. The van der Waals surface area contributed by atoms with Gasteiger partial charge in [-0.05, 0) is 17.5 Å². The number of rotatable bonds is 3. The van der Waals surface area contributed by atoms with Gasteiger partial charge in [0.2, 0.25) is 5.78 Å². The number of primary amides is 1. The van der Waals surface area contributed by atoms with E-state index in [0.29, 0.717) is 5.56 Å². The first-order chi connectivity index (χ1) is 18.0. The van der Waals surface area contributed by atoms with Crippen LogP contribution in [0.25, 0.3) is 5.76 Å². The predicted molar refractivity (Wildman–Crippen MR) is 136 cm³/mol. The number of aliphatic hydroxyl groups is 4. The SMILES string of the molecule is C[C@H]1c2cccc(O)c2C(O)=C2C(=O)[C@]3(O)C(O)=C(C(N)=O)C(=O)C[C@@H]3[C@@H](O)[C@@H]21.O=P(O)(O)C(Cl)(Cl)P(=O)(O)O. The Labute approximate surface area is 234 Å². The number of fused-ring (bicyclic) bond motifs is 3. The fraction of sp³-hybridized carbons (Fsp3) is 0.381. The van der Waals surface area contributed by atoms with Crippen molar-refractivity contribution in [3.63, 3.8) is 0 Å². The number of phenols is 1. The molecule has 15 nitrogen and oxygen atoms in total. The van der Waals surface area contributed by atoms with Crippen LogP contribution in [-0.2, 0) is 23.5 Å². The van der Waals surface area contributed by atoms with Gasteiger partial charge in [-0.25, -0.2) is 0 Å². The zero-order chi connectivity index (χ0) is 30.9. The molecular formula is C21H23Cl2NO14P2. The molecule has 0 bridgehead atoms. The lowest BCUT2D eigenvalue weighted by Gasteiger charge is -2.50. The van der Waals surface area contributed by atoms with E-state index in [4.69, 9.17) is 48.5 Å². The third-order valence-electron chi connectivity index (χ3n) is 7.07. The van der Waals surface area contributed by atoms with Crippen molar-refractivity contribution in [2.45, 2.75) is 34.8 Å². The molecular weight excluding hydrogens is 623 g/mol. The summed E-state index contributed by atoms with van der Waals surface area (Å²) in [6.07, 6.45) is -2.10. The van der Waals surface area contributed by atoms with Crippen LogP contribution < -0.4 is 5.73 Å². The highest BCUT2D eigenvalue weighted by molar-refractivity contribution is 7.78. The molecule has 0 aromatic heterocycles. The predicted octanol–water partition coefficient (Wildman–Crippen LogP) is 0.386. The molecule has 0 aliphatic heterocycles. The van der Waals surface area contributed by atoms with E-state index in [-0.39, 0.29) is 16.9 Å². The molecule has 0 spiro atoms. The molecule has 1 amide bonds. The molecule has 0 radical (unpaired) electrons. The first-order valence-electron chi connectivity index (χ1n) is 11.0. The topological polar surface area (TPSA) is 293 Å². The highest BCUT2D eigenvalue weighted by Gasteiger charge is 2.65. The Kier molecular flexibility index (Phi) is 8.23. The number of ketones is 2. The Morgan fingerprint density at radius 3 is 2.05 bits per heavy atom. The van der Waals surface area contributed by atoms with Gasteiger partial charge in [-0.3, -0.25) is 23.5 Å². The molecule has 1 aromatic rings. The normalized spacial score (nSPS) is 28.7. The van der Waals surface area contributed by atoms with Gasteiger partial charge in [0.15, 0.2) is 11.4 Å². The Morgan fingerprint density at radius 2 is 1.60 bits per heavy atom. The summed E-state index contributed by atoms with van der Waals surface area (Å²) >= 11 is 9.46. The Hall–Kier alpha value is -2.29. The lowest BCUT2D eigenvalue weighted by atomic mass is 9.55. The van der Waals surface area contributed by atoms with Gasteiger partial charge in [-0.15, -0.1) is 0 Å². The number of alkyl halides is 2. The van der Waals surface area contributed by atoms with E-state index in [0.717, 1.165) is 0 Å². The van der Waals surface area contributed by atoms with Gasteiger partial charge in [0, 0.05) is 23.8 Å². The summed E-state index contributed by atoms with van der Waals surface area (Å²) in [5.74, 6) is -8.54. The Bertz CT molecular complexity index is 1450. The van der Waals surface area contributed by atoms with E-state index in [1.54, 1.807) is 19.1 Å². The number of hydrogen-bond acceptors (Lipinski definition) is 10. The highest BCUT2D eigenvalue weighted by atomic mass is 35.5. The van der Waals surface area contributed by atoms with Crippen LogP contribution in [0.3, 0.4) is 0 Å². The smallest absolute Gasteiger partial charge is 0.373 e. The van der Waals surface area contributed by atoms with E-state index in [1.165, 1.54) is 6.07 Å². The van der Waals surface area contributed by atoms with Crippen molar-refractivity contribution < 1.29 is 68.6 Å². The van der Waals surface area contributed by atoms with Gasteiger partial charge in [0.1, 0.15) is 22.8 Å². The van der Waals surface area contributed by atoms with Gasteiger partial charge >= 0.3 is 19.0 Å². The summed E-state index contributed by atoms with van der Waals surface area (Å²) < 4.78 is 17.1. The molecule has 40 heavy (non-hydrogen) atoms. The summed E-state index contributed by atoms with van der Waals surface area (Å²) in [6, 6.07) is 4.49. The first-order valence-corrected chi connectivity index (χ1v) is 15.0. The molecule has 11 N–H and O–H groups in total. The number of aromatic hydroxyl groups is 1. The number of aliphatic hydroxyl groups excluding tert-OH is 3. The number of hydrogen-bond donors (Lipinski definition) is 10. The Balaban J connectivity index is 0.000000342. The van der Waals surface area contributed by atoms with Crippen LogP contribution in [-0.4, -0.2) is 78.1 Å². The van der Waals surface area contributed by atoms with Crippen LogP contribution in [0.5, 0.6) is 5.75 Å². The standard InChI is InChI=1S/C20H19NO8.CH4Cl2O6P2/c1-6-7-3-2-4-9(22)12(7)16(25)14-11(6)15(24)8-5-10(23)13(19(21)28)17(26)20(8,29)18(14)27;2-1(3,10(4,5)6)11(7,8)9/h2-4,6,8,11,15,22,24-26,29H,5H2,1H3,(H2,21,28);(H2,4,5,6)(H2,7,8,9)/t6-,8+,11+,15+,20+;/m0./s1. The molecule has 5 atom stereocenters. The fourth-order valence-corrected chi connectivity index (χ4v) is 6.48. The van der Waals surface area contributed by atoms with Crippen molar-refractivity contribution in [3.8, 4) is 5.75 Å². The maximum Gasteiger partial charge on any atom is 0.373 e. The molecule has 3 aliphatic rings. The quantitative estimate of drug-likeness (QED) is 0.121. The van der Waals surface area contributed by atoms with Gasteiger partial charge in [0.25, 0.3) is 5.91 Å². The number of amides is 1. The first kappa shape index (κ1) is 32.2. The molecule has 0 saturated heterocycles. The third-order valence-corrected chi connectivity index (χ3v) is 12.7.